The van der Waals surface area contributed by atoms with Gasteiger partial charge in [-0.05, 0) is 48.4 Å². The van der Waals surface area contributed by atoms with E-state index in [2.05, 4.69) is 0 Å². The molecular formula is C21H25FN2O3. The van der Waals surface area contributed by atoms with Gasteiger partial charge in [0.05, 0.1) is 13.2 Å². The second-order valence-electron chi connectivity index (χ2n) is 8.52. The summed E-state index contributed by atoms with van der Waals surface area (Å²) in [7, 11) is 0. The molecule has 4 aliphatic rings. The predicted octanol–water partition coefficient (Wildman–Crippen LogP) is 2.67. The lowest BCUT2D eigenvalue weighted by atomic mass is 10.0. The average molecular weight is 372 g/mol. The average Bonchev–Trinajstić information content (AvgIpc) is 3.59. The van der Waals surface area contributed by atoms with Crippen LogP contribution in [0.25, 0.3) is 0 Å². The van der Waals surface area contributed by atoms with Crippen LogP contribution in [0.1, 0.15) is 53.6 Å². The molecule has 0 spiro atoms. The first-order valence-corrected chi connectivity index (χ1v) is 10.0. The Balaban J connectivity index is 1.34. The van der Waals surface area contributed by atoms with E-state index in [1.165, 1.54) is 12.8 Å². The van der Waals surface area contributed by atoms with Crippen LogP contribution in [-0.2, 0) is 22.7 Å². The van der Waals surface area contributed by atoms with Crippen molar-refractivity contribution in [3.63, 3.8) is 0 Å². The number of halogens is 1. The first-order chi connectivity index (χ1) is 13.0. The van der Waals surface area contributed by atoms with Crippen LogP contribution in [0.2, 0.25) is 0 Å². The molecule has 2 aliphatic heterocycles. The Morgan fingerprint density at radius 3 is 2.67 bits per heavy atom. The minimum absolute atomic E-state index is 0.0174. The van der Waals surface area contributed by atoms with Crippen LogP contribution in [0, 0.1) is 5.92 Å². The fourth-order valence-electron chi connectivity index (χ4n) is 4.33. The number of alkyl halides is 1. The number of amides is 2. The maximum atomic E-state index is 14.2. The van der Waals surface area contributed by atoms with Crippen LogP contribution < -0.4 is 0 Å². The van der Waals surface area contributed by atoms with Crippen LogP contribution >= 0.6 is 0 Å². The van der Waals surface area contributed by atoms with Gasteiger partial charge in [0.25, 0.3) is 11.8 Å². The van der Waals surface area contributed by atoms with Crippen molar-refractivity contribution < 1.29 is 18.7 Å². The monoisotopic (exact) mass is 372 g/mol. The van der Waals surface area contributed by atoms with Crippen LogP contribution in [-0.4, -0.2) is 53.0 Å². The van der Waals surface area contributed by atoms with Gasteiger partial charge in [-0.3, -0.25) is 9.59 Å². The lowest BCUT2D eigenvalue weighted by molar-refractivity contribution is -0.140. The largest absolute Gasteiger partial charge is 0.372 e. The van der Waals surface area contributed by atoms with E-state index in [4.69, 9.17) is 4.74 Å². The quantitative estimate of drug-likeness (QED) is 0.817. The van der Waals surface area contributed by atoms with Crippen LogP contribution in [0.3, 0.4) is 0 Å². The van der Waals surface area contributed by atoms with E-state index in [0.29, 0.717) is 57.2 Å². The summed E-state index contributed by atoms with van der Waals surface area (Å²) in [6, 6.07) is 5.78. The predicted molar refractivity (Wildman–Crippen MR) is 96.8 cm³/mol. The molecule has 6 heteroatoms. The molecule has 5 rings (SSSR count). The van der Waals surface area contributed by atoms with E-state index >= 15 is 0 Å². The number of carbonyl (C=O) groups is 2. The standard InChI is InChI=1S/C21H25FN2O3/c22-21(5-6-21)20(26)23-7-8-24(18(11-23)9-14-1-2-14)19(25)15-3-4-16-12-27-13-17(16)10-15/h3-4,10,14,18H,1-2,5-9,11-13H2. The molecule has 0 bridgehead atoms. The minimum atomic E-state index is -1.63. The third kappa shape index (κ3) is 3.24. The Morgan fingerprint density at radius 1 is 1.15 bits per heavy atom. The first kappa shape index (κ1) is 17.2. The van der Waals surface area contributed by atoms with Crippen molar-refractivity contribution in [3.05, 3.63) is 34.9 Å². The smallest absolute Gasteiger partial charge is 0.260 e. The van der Waals surface area contributed by atoms with Gasteiger partial charge in [0.1, 0.15) is 0 Å². The zero-order valence-electron chi connectivity index (χ0n) is 15.5. The topological polar surface area (TPSA) is 49.9 Å². The van der Waals surface area contributed by atoms with Gasteiger partial charge in [-0.15, -0.1) is 0 Å². The van der Waals surface area contributed by atoms with Gasteiger partial charge in [0, 0.05) is 31.2 Å². The van der Waals surface area contributed by atoms with E-state index in [0.717, 1.165) is 17.5 Å². The number of carbonyl (C=O) groups excluding carboxylic acids is 2. The van der Waals surface area contributed by atoms with Crippen molar-refractivity contribution in [2.75, 3.05) is 19.6 Å². The highest BCUT2D eigenvalue weighted by atomic mass is 19.1. The highest BCUT2D eigenvalue weighted by molar-refractivity contribution is 5.95. The maximum Gasteiger partial charge on any atom is 0.260 e. The third-order valence-corrected chi connectivity index (χ3v) is 6.37. The molecule has 1 unspecified atom stereocenters. The Labute approximate surface area is 158 Å². The lowest BCUT2D eigenvalue weighted by Gasteiger charge is -2.42. The highest BCUT2D eigenvalue weighted by Gasteiger charge is 2.53. The second kappa shape index (κ2) is 6.30. The number of ether oxygens (including phenoxy) is 1. The summed E-state index contributed by atoms with van der Waals surface area (Å²) >= 11 is 0. The molecule has 5 nitrogen and oxygen atoms in total. The second-order valence-corrected chi connectivity index (χ2v) is 8.52. The van der Waals surface area contributed by atoms with E-state index in [-0.39, 0.29) is 17.9 Å². The van der Waals surface area contributed by atoms with Crippen molar-refractivity contribution in [1.29, 1.82) is 0 Å². The number of hydrogen-bond acceptors (Lipinski definition) is 3. The molecule has 2 amide bonds. The number of hydrogen-bond donors (Lipinski definition) is 0. The fraction of sp³-hybridized carbons (Fsp3) is 0.619. The molecule has 27 heavy (non-hydrogen) atoms. The van der Waals surface area contributed by atoms with Gasteiger partial charge < -0.3 is 14.5 Å². The molecule has 0 N–H and O–H groups in total. The number of piperazine rings is 1. The van der Waals surface area contributed by atoms with Gasteiger partial charge in [0.15, 0.2) is 5.67 Å². The molecule has 2 heterocycles. The van der Waals surface area contributed by atoms with E-state index < -0.39 is 5.67 Å². The number of rotatable bonds is 4. The van der Waals surface area contributed by atoms with Gasteiger partial charge in [-0.1, -0.05) is 18.9 Å². The molecule has 2 saturated carbocycles. The van der Waals surface area contributed by atoms with E-state index in [1.807, 2.05) is 23.1 Å². The molecule has 1 saturated heterocycles. The van der Waals surface area contributed by atoms with Gasteiger partial charge in [-0.25, -0.2) is 4.39 Å². The maximum absolute atomic E-state index is 14.2. The Bertz CT molecular complexity index is 788. The molecule has 0 aromatic heterocycles. The van der Waals surface area contributed by atoms with Crippen LogP contribution in [0.4, 0.5) is 4.39 Å². The summed E-state index contributed by atoms with van der Waals surface area (Å²) in [5, 5.41) is 0. The zero-order chi connectivity index (χ0) is 18.6. The van der Waals surface area contributed by atoms with E-state index in [9.17, 15) is 14.0 Å². The summed E-state index contributed by atoms with van der Waals surface area (Å²) in [5.41, 5.74) is 1.29. The number of nitrogens with zero attached hydrogens (tertiary/aromatic N) is 2. The Morgan fingerprint density at radius 2 is 1.93 bits per heavy atom. The SMILES string of the molecule is O=C(c1ccc2c(c1)COC2)N1CCN(C(=O)C2(F)CC2)CC1CC1CC1. The van der Waals surface area contributed by atoms with Crippen LogP contribution in [0.15, 0.2) is 18.2 Å². The molecule has 1 aromatic rings. The van der Waals surface area contributed by atoms with Crippen molar-refractivity contribution in [1.82, 2.24) is 9.80 Å². The third-order valence-electron chi connectivity index (χ3n) is 6.37. The van der Waals surface area contributed by atoms with Crippen molar-refractivity contribution in [2.45, 2.75) is 57.0 Å². The summed E-state index contributed by atoms with van der Waals surface area (Å²) in [4.78, 5) is 29.2. The molecule has 2 aliphatic carbocycles. The lowest BCUT2D eigenvalue weighted by Crippen LogP contribution is -2.58. The summed E-state index contributed by atoms with van der Waals surface area (Å²) in [5.74, 6) is 0.281. The normalized spacial score (nSPS) is 26.0. The fourth-order valence-corrected chi connectivity index (χ4v) is 4.33. The molecular weight excluding hydrogens is 347 g/mol. The zero-order valence-corrected chi connectivity index (χ0v) is 15.5. The molecule has 1 aromatic carbocycles. The van der Waals surface area contributed by atoms with Gasteiger partial charge >= 0.3 is 0 Å². The molecule has 1 atom stereocenters. The molecule has 0 radical (unpaired) electrons. The number of benzene rings is 1. The van der Waals surface area contributed by atoms with Crippen LogP contribution in [0.5, 0.6) is 0 Å². The summed E-state index contributed by atoms with van der Waals surface area (Å²) in [6.07, 6.45) is 3.97. The molecule has 144 valence electrons. The number of fused-ring (bicyclic) bond motifs is 1. The summed E-state index contributed by atoms with van der Waals surface area (Å²) < 4.78 is 19.7. The summed E-state index contributed by atoms with van der Waals surface area (Å²) in [6.45, 7) is 2.53. The van der Waals surface area contributed by atoms with Crippen molar-refractivity contribution >= 4 is 11.8 Å². The van der Waals surface area contributed by atoms with Gasteiger partial charge in [0.2, 0.25) is 0 Å². The Hall–Kier alpha value is -1.95. The first-order valence-electron chi connectivity index (χ1n) is 10.0. The highest BCUT2D eigenvalue weighted by Crippen LogP contribution is 2.42. The van der Waals surface area contributed by atoms with Crippen molar-refractivity contribution in [3.8, 4) is 0 Å². The molecule has 3 fully saturated rings. The Kier molecular flexibility index (Phi) is 4.00. The van der Waals surface area contributed by atoms with Gasteiger partial charge in [-0.2, -0.15) is 0 Å². The van der Waals surface area contributed by atoms with Crippen molar-refractivity contribution in [2.24, 2.45) is 5.92 Å². The minimum Gasteiger partial charge on any atom is -0.372 e. The van der Waals surface area contributed by atoms with E-state index in [1.54, 1.807) is 4.90 Å².